The molecule has 4 heteroatoms. The SMILES string of the molecule is CC1(C)CCC(OCc2ccccc2/C(N)=N/O)CC1. The van der Waals surface area contributed by atoms with Gasteiger partial charge in [0.15, 0.2) is 5.84 Å². The number of nitrogens with zero attached hydrogens (tertiary/aromatic N) is 1. The van der Waals surface area contributed by atoms with Gasteiger partial charge in [-0.2, -0.15) is 0 Å². The van der Waals surface area contributed by atoms with Crippen molar-refractivity contribution in [1.82, 2.24) is 0 Å². The molecule has 2 rings (SSSR count). The molecule has 1 fully saturated rings. The van der Waals surface area contributed by atoms with Gasteiger partial charge in [-0.05, 0) is 36.7 Å². The van der Waals surface area contributed by atoms with Gasteiger partial charge in [0.05, 0.1) is 12.7 Å². The van der Waals surface area contributed by atoms with Crippen molar-refractivity contribution in [1.29, 1.82) is 0 Å². The molecule has 0 radical (unpaired) electrons. The van der Waals surface area contributed by atoms with Crippen LogP contribution in [0.2, 0.25) is 0 Å². The van der Waals surface area contributed by atoms with Crippen molar-refractivity contribution in [2.24, 2.45) is 16.3 Å². The van der Waals surface area contributed by atoms with Crippen LogP contribution in [0.15, 0.2) is 29.4 Å². The van der Waals surface area contributed by atoms with E-state index in [4.69, 9.17) is 15.7 Å². The minimum absolute atomic E-state index is 0.133. The molecule has 3 N–H and O–H groups in total. The summed E-state index contributed by atoms with van der Waals surface area (Å²) in [6.07, 6.45) is 4.96. The summed E-state index contributed by atoms with van der Waals surface area (Å²) in [5, 5.41) is 11.9. The Morgan fingerprint density at radius 2 is 2.00 bits per heavy atom. The van der Waals surface area contributed by atoms with E-state index in [1.54, 1.807) is 0 Å². The van der Waals surface area contributed by atoms with Gasteiger partial charge in [0.2, 0.25) is 0 Å². The lowest BCUT2D eigenvalue weighted by Crippen LogP contribution is -2.26. The van der Waals surface area contributed by atoms with Crippen LogP contribution in [0.5, 0.6) is 0 Å². The third kappa shape index (κ3) is 3.73. The highest BCUT2D eigenvalue weighted by molar-refractivity contribution is 5.98. The van der Waals surface area contributed by atoms with Gasteiger partial charge in [0, 0.05) is 5.56 Å². The van der Waals surface area contributed by atoms with E-state index in [1.165, 1.54) is 12.8 Å². The van der Waals surface area contributed by atoms with Gasteiger partial charge in [-0.15, -0.1) is 0 Å². The number of hydrogen-bond donors (Lipinski definition) is 2. The largest absolute Gasteiger partial charge is 0.409 e. The molecule has 0 bridgehead atoms. The van der Waals surface area contributed by atoms with Crippen molar-refractivity contribution >= 4 is 5.84 Å². The monoisotopic (exact) mass is 276 g/mol. The summed E-state index contributed by atoms with van der Waals surface area (Å²) in [4.78, 5) is 0. The maximum Gasteiger partial charge on any atom is 0.170 e. The molecule has 1 aliphatic rings. The number of benzene rings is 1. The molecule has 1 aromatic rings. The molecule has 1 aliphatic carbocycles. The van der Waals surface area contributed by atoms with Crippen molar-refractivity contribution in [3.8, 4) is 0 Å². The Morgan fingerprint density at radius 3 is 2.65 bits per heavy atom. The topological polar surface area (TPSA) is 67.8 Å². The summed E-state index contributed by atoms with van der Waals surface area (Å²) in [5.41, 5.74) is 7.84. The summed E-state index contributed by atoms with van der Waals surface area (Å²) in [6, 6.07) is 7.62. The molecule has 1 saturated carbocycles. The first kappa shape index (κ1) is 14.9. The molecule has 0 spiro atoms. The lowest BCUT2D eigenvalue weighted by molar-refractivity contribution is -0.00564. The number of rotatable bonds is 4. The number of amidine groups is 1. The molecule has 1 aromatic carbocycles. The van der Waals surface area contributed by atoms with E-state index in [-0.39, 0.29) is 5.84 Å². The predicted octanol–water partition coefficient (Wildman–Crippen LogP) is 3.27. The summed E-state index contributed by atoms with van der Waals surface area (Å²) < 4.78 is 6.01. The smallest absolute Gasteiger partial charge is 0.170 e. The maximum atomic E-state index is 8.81. The van der Waals surface area contributed by atoms with Crippen LogP contribution in [-0.4, -0.2) is 17.1 Å². The molecule has 20 heavy (non-hydrogen) atoms. The van der Waals surface area contributed by atoms with Gasteiger partial charge >= 0.3 is 0 Å². The fourth-order valence-electron chi connectivity index (χ4n) is 2.70. The third-order valence-corrected chi connectivity index (χ3v) is 4.16. The van der Waals surface area contributed by atoms with Crippen LogP contribution in [0, 0.1) is 5.41 Å². The van der Waals surface area contributed by atoms with Crippen LogP contribution in [0.25, 0.3) is 0 Å². The molecule has 0 unspecified atom stereocenters. The van der Waals surface area contributed by atoms with Crippen molar-refractivity contribution in [2.75, 3.05) is 0 Å². The van der Waals surface area contributed by atoms with E-state index in [9.17, 15) is 0 Å². The molecule has 0 saturated heterocycles. The summed E-state index contributed by atoms with van der Waals surface area (Å²) in [7, 11) is 0. The summed E-state index contributed by atoms with van der Waals surface area (Å²) in [5.74, 6) is 0.133. The Morgan fingerprint density at radius 1 is 1.35 bits per heavy atom. The quantitative estimate of drug-likeness (QED) is 0.384. The fourth-order valence-corrected chi connectivity index (χ4v) is 2.70. The lowest BCUT2D eigenvalue weighted by atomic mass is 9.76. The number of ether oxygens (including phenoxy) is 1. The fraction of sp³-hybridized carbons (Fsp3) is 0.562. The molecule has 0 aliphatic heterocycles. The van der Waals surface area contributed by atoms with Crippen LogP contribution >= 0.6 is 0 Å². The molecule has 0 heterocycles. The molecule has 0 amide bonds. The highest BCUT2D eigenvalue weighted by Gasteiger charge is 2.27. The Bertz CT molecular complexity index is 473. The molecule has 110 valence electrons. The van der Waals surface area contributed by atoms with Gasteiger partial charge in [-0.25, -0.2) is 0 Å². The predicted molar refractivity (Wildman–Crippen MR) is 79.8 cm³/mol. The number of oxime groups is 1. The first-order chi connectivity index (χ1) is 9.52. The van der Waals surface area contributed by atoms with Gasteiger partial charge in [0.25, 0.3) is 0 Å². The van der Waals surface area contributed by atoms with E-state index in [2.05, 4.69) is 19.0 Å². The second-order valence-electron chi connectivity index (χ2n) is 6.32. The minimum Gasteiger partial charge on any atom is -0.409 e. The zero-order valence-corrected chi connectivity index (χ0v) is 12.3. The third-order valence-electron chi connectivity index (χ3n) is 4.16. The van der Waals surface area contributed by atoms with E-state index in [1.807, 2.05) is 24.3 Å². The molecule has 0 atom stereocenters. The van der Waals surface area contributed by atoms with Crippen molar-refractivity contribution in [2.45, 2.75) is 52.2 Å². The van der Waals surface area contributed by atoms with Gasteiger partial charge in [0.1, 0.15) is 0 Å². The average Bonchev–Trinajstić information content (AvgIpc) is 2.45. The summed E-state index contributed by atoms with van der Waals surface area (Å²) >= 11 is 0. The van der Waals surface area contributed by atoms with Crippen LogP contribution in [0.1, 0.15) is 50.7 Å². The van der Waals surface area contributed by atoms with Crippen molar-refractivity contribution in [3.63, 3.8) is 0 Å². The van der Waals surface area contributed by atoms with Crippen LogP contribution < -0.4 is 5.73 Å². The van der Waals surface area contributed by atoms with Crippen LogP contribution in [0.3, 0.4) is 0 Å². The molecule has 4 nitrogen and oxygen atoms in total. The Kier molecular flexibility index (Phi) is 4.65. The van der Waals surface area contributed by atoms with E-state index < -0.39 is 0 Å². The van der Waals surface area contributed by atoms with Gasteiger partial charge < -0.3 is 15.7 Å². The zero-order valence-electron chi connectivity index (χ0n) is 12.3. The van der Waals surface area contributed by atoms with Gasteiger partial charge in [-0.1, -0.05) is 43.3 Å². The maximum absolute atomic E-state index is 8.81. The van der Waals surface area contributed by atoms with Crippen LogP contribution in [0.4, 0.5) is 0 Å². The highest BCUT2D eigenvalue weighted by Crippen LogP contribution is 2.36. The minimum atomic E-state index is 0.133. The Labute approximate surface area is 120 Å². The second-order valence-corrected chi connectivity index (χ2v) is 6.32. The van der Waals surface area contributed by atoms with Crippen molar-refractivity contribution in [3.05, 3.63) is 35.4 Å². The first-order valence-electron chi connectivity index (χ1n) is 7.19. The first-order valence-corrected chi connectivity index (χ1v) is 7.19. The van der Waals surface area contributed by atoms with E-state index in [0.29, 0.717) is 18.1 Å². The lowest BCUT2D eigenvalue weighted by Gasteiger charge is -2.34. The molecular formula is C16H24N2O2. The Balaban J connectivity index is 1.95. The van der Waals surface area contributed by atoms with E-state index >= 15 is 0 Å². The summed E-state index contributed by atoms with van der Waals surface area (Å²) in [6.45, 7) is 5.14. The van der Waals surface area contributed by atoms with E-state index in [0.717, 1.165) is 24.0 Å². The van der Waals surface area contributed by atoms with Gasteiger partial charge in [-0.3, -0.25) is 0 Å². The average molecular weight is 276 g/mol. The number of nitrogens with two attached hydrogens (primary N) is 1. The highest BCUT2D eigenvalue weighted by atomic mass is 16.5. The standard InChI is InChI=1S/C16H24N2O2/c1-16(2)9-7-13(8-10-16)20-11-12-5-3-4-6-14(12)15(17)18-19/h3-6,13,19H,7-11H2,1-2H3,(H2,17,18). The number of hydrogen-bond acceptors (Lipinski definition) is 3. The molecular weight excluding hydrogens is 252 g/mol. The zero-order chi connectivity index (χ0) is 14.6. The Hall–Kier alpha value is -1.55. The normalized spacial score (nSPS) is 20.0. The van der Waals surface area contributed by atoms with Crippen molar-refractivity contribution < 1.29 is 9.94 Å². The van der Waals surface area contributed by atoms with Crippen LogP contribution in [-0.2, 0) is 11.3 Å². The molecule has 0 aromatic heterocycles. The second kappa shape index (κ2) is 6.27.